The zero-order valence-electron chi connectivity index (χ0n) is 10.7. The molecule has 110 valence electrons. The van der Waals surface area contributed by atoms with Crippen molar-refractivity contribution in [2.45, 2.75) is 5.60 Å². The molecule has 1 heterocycles. The second-order valence-electron chi connectivity index (χ2n) is 4.61. The maximum absolute atomic E-state index is 13.5. The van der Waals surface area contributed by atoms with Gasteiger partial charge in [0.05, 0.1) is 5.60 Å². The summed E-state index contributed by atoms with van der Waals surface area (Å²) in [5.41, 5.74) is -1.64. The van der Waals surface area contributed by atoms with Gasteiger partial charge in [-0.05, 0) is 12.1 Å². The molecule has 0 saturated carbocycles. The summed E-state index contributed by atoms with van der Waals surface area (Å²) in [6.07, 6.45) is 0. The zero-order valence-corrected chi connectivity index (χ0v) is 12.3. The van der Waals surface area contributed by atoms with Crippen LogP contribution >= 0.6 is 23.5 Å². The van der Waals surface area contributed by atoms with Crippen LogP contribution in [0.1, 0.15) is 10.4 Å². The number of aliphatic hydroxyl groups is 1. The van der Waals surface area contributed by atoms with E-state index in [1.807, 2.05) is 0 Å². The Morgan fingerprint density at radius 3 is 2.35 bits per heavy atom. The van der Waals surface area contributed by atoms with Gasteiger partial charge in [0.2, 0.25) is 0 Å². The van der Waals surface area contributed by atoms with Crippen molar-refractivity contribution in [3.8, 4) is 0 Å². The molecule has 1 aromatic carbocycles. The second-order valence-corrected chi connectivity index (χ2v) is 6.82. The number of benzene rings is 1. The highest BCUT2D eigenvalue weighted by Crippen LogP contribution is 2.24. The highest BCUT2D eigenvalue weighted by molar-refractivity contribution is 8.03. The maximum atomic E-state index is 13.5. The lowest BCUT2D eigenvalue weighted by Crippen LogP contribution is -2.46. The number of nitrogens with one attached hydrogen (secondary N) is 1. The van der Waals surface area contributed by atoms with Gasteiger partial charge in [0.15, 0.2) is 0 Å². The van der Waals surface area contributed by atoms with Gasteiger partial charge in [0, 0.05) is 29.6 Å². The van der Waals surface area contributed by atoms with Crippen LogP contribution in [0.25, 0.3) is 0 Å². The largest absolute Gasteiger partial charge is 0.386 e. The smallest absolute Gasteiger partial charge is 0.257 e. The Morgan fingerprint density at radius 1 is 1.25 bits per heavy atom. The first-order valence-electron chi connectivity index (χ1n) is 6.12. The van der Waals surface area contributed by atoms with E-state index in [-0.39, 0.29) is 6.54 Å². The summed E-state index contributed by atoms with van der Waals surface area (Å²) in [6.45, 7) is -0.0143. The summed E-state index contributed by atoms with van der Waals surface area (Å²) in [6, 6.07) is 3.27. The Balaban J connectivity index is 2.01. The molecule has 0 unspecified atom stereocenters. The third-order valence-electron chi connectivity index (χ3n) is 2.88. The molecule has 2 rings (SSSR count). The van der Waals surface area contributed by atoms with E-state index >= 15 is 0 Å². The number of carbonyl (C=O) groups excluding carboxylic acids is 1. The van der Waals surface area contributed by atoms with Crippen LogP contribution in [0.2, 0.25) is 0 Å². The highest BCUT2D eigenvalue weighted by Gasteiger charge is 2.30. The van der Waals surface area contributed by atoms with Crippen LogP contribution in [-0.4, -0.2) is 46.2 Å². The monoisotopic (exact) mass is 319 g/mol. The minimum absolute atomic E-state index is 0.0143. The number of carbonyl (C=O) groups is 1. The van der Waals surface area contributed by atoms with Crippen LogP contribution in [0.15, 0.2) is 18.2 Å². The summed E-state index contributed by atoms with van der Waals surface area (Å²) >= 11 is 3.21. The van der Waals surface area contributed by atoms with Gasteiger partial charge in [-0.15, -0.1) is 0 Å². The number of halogens is 2. The summed E-state index contributed by atoms with van der Waals surface area (Å²) in [7, 11) is 0. The van der Waals surface area contributed by atoms with E-state index in [9.17, 15) is 18.7 Å². The van der Waals surface area contributed by atoms with Crippen LogP contribution < -0.4 is 5.32 Å². The molecule has 0 aromatic heterocycles. The molecule has 2 N–H and O–H groups in total. The lowest BCUT2D eigenvalue weighted by atomic mass is 10.1. The average Bonchev–Trinajstić information content (AvgIpc) is 2.62. The van der Waals surface area contributed by atoms with E-state index in [0.29, 0.717) is 11.5 Å². The minimum atomic E-state index is -1.04. The number of amides is 1. The fourth-order valence-electron chi connectivity index (χ4n) is 1.83. The van der Waals surface area contributed by atoms with Crippen molar-refractivity contribution in [3.63, 3.8) is 0 Å². The van der Waals surface area contributed by atoms with Crippen LogP contribution in [-0.2, 0) is 0 Å². The maximum Gasteiger partial charge on any atom is 0.257 e. The molecule has 1 aromatic rings. The van der Waals surface area contributed by atoms with E-state index in [1.54, 1.807) is 23.5 Å². The average molecular weight is 319 g/mol. The minimum Gasteiger partial charge on any atom is -0.386 e. The van der Waals surface area contributed by atoms with E-state index in [4.69, 9.17) is 0 Å². The Labute approximate surface area is 124 Å². The van der Waals surface area contributed by atoms with Crippen molar-refractivity contribution >= 4 is 29.4 Å². The molecule has 1 saturated heterocycles. The van der Waals surface area contributed by atoms with Gasteiger partial charge in [-0.25, -0.2) is 8.78 Å². The molecule has 0 atom stereocenters. The summed E-state index contributed by atoms with van der Waals surface area (Å²) in [5.74, 6) is 0.248. The van der Waals surface area contributed by atoms with Crippen molar-refractivity contribution in [1.29, 1.82) is 0 Å². The third kappa shape index (κ3) is 3.86. The Bertz CT molecular complexity index is 471. The van der Waals surface area contributed by atoms with Crippen LogP contribution in [0.3, 0.4) is 0 Å². The van der Waals surface area contributed by atoms with Crippen molar-refractivity contribution in [3.05, 3.63) is 35.4 Å². The van der Waals surface area contributed by atoms with Crippen LogP contribution in [0.4, 0.5) is 8.78 Å². The number of hydrogen-bond donors (Lipinski definition) is 2. The van der Waals surface area contributed by atoms with Crippen molar-refractivity contribution < 1.29 is 18.7 Å². The topological polar surface area (TPSA) is 49.3 Å². The highest BCUT2D eigenvalue weighted by atomic mass is 32.2. The standard InChI is InChI=1S/C13H15F2NO2S2/c14-9-2-1-3-10(15)11(9)12(17)16-6-13(18)7-19-4-5-20-8-13/h1-3,18H,4-8H2,(H,16,17). The van der Waals surface area contributed by atoms with Crippen molar-refractivity contribution in [1.82, 2.24) is 5.32 Å². The number of thioether (sulfide) groups is 2. The Morgan fingerprint density at radius 2 is 1.80 bits per heavy atom. The van der Waals surface area contributed by atoms with Crippen LogP contribution in [0, 0.1) is 11.6 Å². The van der Waals surface area contributed by atoms with E-state index in [2.05, 4.69) is 5.32 Å². The lowest BCUT2D eigenvalue weighted by Gasteiger charge is -2.25. The zero-order chi connectivity index (χ0) is 14.6. The van der Waals surface area contributed by atoms with Crippen molar-refractivity contribution in [2.24, 2.45) is 0 Å². The second kappa shape index (κ2) is 6.78. The lowest BCUT2D eigenvalue weighted by molar-refractivity contribution is 0.0748. The number of hydrogen-bond acceptors (Lipinski definition) is 4. The summed E-state index contributed by atoms with van der Waals surface area (Å²) in [5, 5.41) is 12.8. The number of rotatable bonds is 3. The summed E-state index contributed by atoms with van der Waals surface area (Å²) < 4.78 is 26.9. The molecule has 7 heteroatoms. The van der Waals surface area contributed by atoms with Gasteiger partial charge in [0.1, 0.15) is 17.2 Å². The summed E-state index contributed by atoms with van der Waals surface area (Å²) in [4.78, 5) is 11.8. The quantitative estimate of drug-likeness (QED) is 0.893. The molecular formula is C13H15F2NO2S2. The molecule has 1 aliphatic rings. The van der Waals surface area contributed by atoms with Gasteiger partial charge in [-0.2, -0.15) is 23.5 Å². The molecule has 1 aliphatic heterocycles. The molecule has 20 heavy (non-hydrogen) atoms. The molecule has 0 spiro atoms. The molecule has 0 bridgehead atoms. The van der Waals surface area contributed by atoms with E-state index in [1.165, 1.54) is 6.07 Å². The van der Waals surface area contributed by atoms with Gasteiger partial charge in [0.25, 0.3) is 5.91 Å². The molecule has 1 amide bonds. The van der Waals surface area contributed by atoms with Gasteiger partial charge < -0.3 is 10.4 Å². The van der Waals surface area contributed by atoms with E-state index < -0.39 is 28.7 Å². The SMILES string of the molecule is O=C(NCC1(O)CSCCSC1)c1c(F)cccc1F. The molecule has 0 aliphatic carbocycles. The van der Waals surface area contributed by atoms with Gasteiger partial charge in [-0.1, -0.05) is 6.07 Å². The first-order valence-corrected chi connectivity index (χ1v) is 8.43. The molecule has 0 radical (unpaired) electrons. The Kier molecular flexibility index (Phi) is 5.29. The van der Waals surface area contributed by atoms with Crippen molar-refractivity contribution in [2.75, 3.05) is 29.6 Å². The molecule has 1 fully saturated rings. The normalized spacial score (nSPS) is 18.4. The molecule has 3 nitrogen and oxygen atoms in total. The molecular weight excluding hydrogens is 304 g/mol. The third-order valence-corrected chi connectivity index (χ3v) is 5.61. The fourth-order valence-corrected chi connectivity index (χ4v) is 4.36. The van der Waals surface area contributed by atoms with E-state index in [0.717, 1.165) is 23.6 Å². The predicted octanol–water partition coefficient (Wildman–Crippen LogP) is 1.91. The first kappa shape index (κ1) is 15.6. The first-order chi connectivity index (χ1) is 9.52. The van der Waals surface area contributed by atoms with Gasteiger partial charge >= 0.3 is 0 Å². The Hall–Kier alpha value is -0.790. The fraction of sp³-hybridized carbons (Fsp3) is 0.462. The van der Waals surface area contributed by atoms with Gasteiger partial charge in [-0.3, -0.25) is 4.79 Å². The predicted molar refractivity (Wildman–Crippen MR) is 78.3 cm³/mol. The van der Waals surface area contributed by atoms with Crippen LogP contribution in [0.5, 0.6) is 0 Å².